The van der Waals surface area contributed by atoms with E-state index in [4.69, 9.17) is 0 Å². The topological polar surface area (TPSA) is 40.5 Å². The van der Waals surface area contributed by atoms with Gasteiger partial charge in [-0.3, -0.25) is 0 Å². The number of para-hydroxylation sites is 1. The summed E-state index contributed by atoms with van der Waals surface area (Å²) in [7, 11) is 0. The normalized spacial score (nSPS) is 15.6. The van der Waals surface area contributed by atoms with Crippen LogP contribution in [0.1, 0.15) is 73.3 Å². The standard InChI is InChI=1S/C28H42O2/c1-8-13-23(27(2,3)4)26(30)24(28(5,6)7)19-18-20-14-9-10-15-21(20)22-16-11-12-17-25(22)29/h9-12,14-17,23-24,26,29-30H,8,13,18-19H2,1-7H3. The van der Waals surface area contributed by atoms with Gasteiger partial charge in [0.2, 0.25) is 0 Å². The first-order valence-corrected chi connectivity index (χ1v) is 11.5. The summed E-state index contributed by atoms with van der Waals surface area (Å²) in [6.07, 6.45) is 3.61. The maximum atomic E-state index is 11.5. The lowest BCUT2D eigenvalue weighted by Gasteiger charge is -2.43. The van der Waals surface area contributed by atoms with Gasteiger partial charge in [0.15, 0.2) is 0 Å². The number of benzene rings is 2. The fraction of sp³-hybridized carbons (Fsp3) is 0.571. The quantitative estimate of drug-likeness (QED) is 0.473. The van der Waals surface area contributed by atoms with Crippen LogP contribution >= 0.6 is 0 Å². The third kappa shape index (κ3) is 6.11. The Morgan fingerprint density at radius 2 is 1.23 bits per heavy atom. The minimum atomic E-state index is -0.331. The molecule has 0 fully saturated rings. The van der Waals surface area contributed by atoms with E-state index in [1.54, 1.807) is 6.07 Å². The van der Waals surface area contributed by atoms with Gasteiger partial charge in [-0.25, -0.2) is 0 Å². The summed E-state index contributed by atoms with van der Waals surface area (Å²) in [6.45, 7) is 15.7. The summed E-state index contributed by atoms with van der Waals surface area (Å²) in [5, 5.41) is 21.9. The lowest BCUT2D eigenvalue weighted by Crippen LogP contribution is -2.42. The highest BCUT2D eigenvalue weighted by Crippen LogP contribution is 2.43. The van der Waals surface area contributed by atoms with E-state index in [0.717, 1.165) is 36.8 Å². The molecule has 2 heteroatoms. The predicted molar refractivity (Wildman–Crippen MR) is 129 cm³/mol. The van der Waals surface area contributed by atoms with Crippen molar-refractivity contribution in [3.8, 4) is 16.9 Å². The Morgan fingerprint density at radius 3 is 1.77 bits per heavy atom. The van der Waals surface area contributed by atoms with E-state index in [1.165, 1.54) is 5.56 Å². The zero-order valence-corrected chi connectivity index (χ0v) is 20.1. The van der Waals surface area contributed by atoms with Crippen LogP contribution in [0.2, 0.25) is 0 Å². The molecule has 0 saturated carbocycles. The Labute approximate surface area is 184 Å². The fourth-order valence-corrected chi connectivity index (χ4v) is 4.84. The molecule has 2 rings (SSSR count). The Balaban J connectivity index is 2.31. The van der Waals surface area contributed by atoms with Crippen molar-refractivity contribution in [2.24, 2.45) is 22.7 Å². The van der Waals surface area contributed by atoms with E-state index in [1.807, 2.05) is 24.3 Å². The van der Waals surface area contributed by atoms with Gasteiger partial charge in [-0.1, -0.05) is 97.4 Å². The molecule has 0 aromatic heterocycles. The highest BCUT2D eigenvalue weighted by atomic mass is 16.3. The van der Waals surface area contributed by atoms with Crippen LogP contribution in [-0.2, 0) is 6.42 Å². The van der Waals surface area contributed by atoms with Gasteiger partial charge in [-0.15, -0.1) is 0 Å². The Morgan fingerprint density at radius 1 is 0.733 bits per heavy atom. The van der Waals surface area contributed by atoms with Crippen molar-refractivity contribution in [1.82, 2.24) is 0 Å². The smallest absolute Gasteiger partial charge is 0.123 e. The molecular formula is C28H42O2. The number of hydrogen-bond donors (Lipinski definition) is 2. The van der Waals surface area contributed by atoms with Crippen molar-refractivity contribution in [2.75, 3.05) is 0 Å². The SMILES string of the molecule is CCCC(C(O)C(CCc1ccccc1-c1ccccc1O)C(C)(C)C)C(C)(C)C. The van der Waals surface area contributed by atoms with Crippen LogP contribution in [0.4, 0.5) is 0 Å². The second kappa shape index (κ2) is 10.0. The van der Waals surface area contributed by atoms with Crippen LogP contribution in [-0.4, -0.2) is 16.3 Å². The van der Waals surface area contributed by atoms with E-state index in [0.29, 0.717) is 5.75 Å². The monoisotopic (exact) mass is 410 g/mol. The molecule has 30 heavy (non-hydrogen) atoms. The first kappa shape index (κ1) is 24.5. The van der Waals surface area contributed by atoms with Crippen molar-refractivity contribution in [3.05, 3.63) is 54.1 Å². The van der Waals surface area contributed by atoms with Gasteiger partial charge in [-0.2, -0.15) is 0 Å². The average molecular weight is 411 g/mol. The molecule has 2 aromatic rings. The Hall–Kier alpha value is -1.80. The molecule has 3 unspecified atom stereocenters. The molecule has 0 spiro atoms. The van der Waals surface area contributed by atoms with Crippen molar-refractivity contribution in [1.29, 1.82) is 0 Å². The average Bonchev–Trinajstić information content (AvgIpc) is 2.65. The highest BCUT2D eigenvalue weighted by Gasteiger charge is 2.39. The summed E-state index contributed by atoms with van der Waals surface area (Å²) in [4.78, 5) is 0. The third-order valence-corrected chi connectivity index (χ3v) is 6.59. The van der Waals surface area contributed by atoms with Crippen molar-refractivity contribution >= 4 is 0 Å². The van der Waals surface area contributed by atoms with Gasteiger partial charge in [0.05, 0.1) is 6.10 Å². The van der Waals surface area contributed by atoms with Crippen LogP contribution in [0, 0.1) is 22.7 Å². The lowest BCUT2D eigenvalue weighted by molar-refractivity contribution is -0.0435. The molecular weight excluding hydrogens is 368 g/mol. The number of hydrogen-bond acceptors (Lipinski definition) is 2. The van der Waals surface area contributed by atoms with E-state index in [2.05, 4.69) is 66.7 Å². The fourth-order valence-electron chi connectivity index (χ4n) is 4.84. The molecule has 0 saturated heterocycles. The number of aromatic hydroxyl groups is 1. The summed E-state index contributed by atoms with van der Waals surface area (Å²) in [6, 6.07) is 15.9. The van der Waals surface area contributed by atoms with Crippen molar-refractivity contribution < 1.29 is 10.2 Å². The van der Waals surface area contributed by atoms with Gasteiger partial charge in [0.25, 0.3) is 0 Å². The van der Waals surface area contributed by atoms with Crippen LogP contribution in [0.25, 0.3) is 11.1 Å². The largest absolute Gasteiger partial charge is 0.507 e. The van der Waals surface area contributed by atoms with Crippen LogP contribution in [0.5, 0.6) is 5.75 Å². The maximum absolute atomic E-state index is 11.5. The molecule has 0 radical (unpaired) electrons. The van der Waals surface area contributed by atoms with Gasteiger partial charge in [-0.05, 0) is 59.1 Å². The van der Waals surface area contributed by atoms with Crippen molar-refractivity contribution in [3.63, 3.8) is 0 Å². The summed E-state index contributed by atoms with van der Waals surface area (Å²) >= 11 is 0. The van der Waals surface area contributed by atoms with E-state index in [-0.39, 0.29) is 28.8 Å². The minimum Gasteiger partial charge on any atom is -0.507 e. The zero-order valence-electron chi connectivity index (χ0n) is 20.1. The maximum Gasteiger partial charge on any atom is 0.123 e. The molecule has 0 heterocycles. The van der Waals surface area contributed by atoms with Crippen LogP contribution < -0.4 is 0 Å². The third-order valence-electron chi connectivity index (χ3n) is 6.59. The number of aliphatic hydroxyl groups excluding tert-OH is 1. The summed E-state index contributed by atoms with van der Waals surface area (Å²) in [5.41, 5.74) is 3.27. The lowest BCUT2D eigenvalue weighted by atomic mass is 9.65. The summed E-state index contributed by atoms with van der Waals surface area (Å²) in [5.74, 6) is 0.791. The van der Waals surface area contributed by atoms with Gasteiger partial charge >= 0.3 is 0 Å². The van der Waals surface area contributed by atoms with E-state index >= 15 is 0 Å². The Kier molecular flexibility index (Phi) is 8.16. The summed E-state index contributed by atoms with van der Waals surface area (Å²) < 4.78 is 0. The van der Waals surface area contributed by atoms with Crippen molar-refractivity contribution in [2.45, 2.75) is 80.3 Å². The van der Waals surface area contributed by atoms with Gasteiger partial charge in [0, 0.05) is 5.56 Å². The van der Waals surface area contributed by atoms with Crippen LogP contribution in [0.15, 0.2) is 48.5 Å². The molecule has 166 valence electrons. The number of aryl methyl sites for hydroxylation is 1. The molecule has 0 bridgehead atoms. The number of phenols is 1. The second-order valence-electron chi connectivity index (χ2n) is 10.9. The number of aliphatic hydroxyl groups is 1. The number of phenolic OH excluding ortho intramolecular Hbond substituents is 1. The zero-order chi connectivity index (χ0) is 22.5. The molecule has 2 N–H and O–H groups in total. The molecule has 2 nitrogen and oxygen atoms in total. The van der Waals surface area contributed by atoms with Gasteiger partial charge in [0.1, 0.15) is 5.75 Å². The Bertz CT molecular complexity index is 795. The molecule has 0 aliphatic carbocycles. The second-order valence-corrected chi connectivity index (χ2v) is 10.9. The molecule has 3 atom stereocenters. The van der Waals surface area contributed by atoms with E-state index < -0.39 is 0 Å². The predicted octanol–water partition coefficient (Wildman–Crippen LogP) is 7.48. The van der Waals surface area contributed by atoms with Gasteiger partial charge < -0.3 is 10.2 Å². The highest BCUT2D eigenvalue weighted by molar-refractivity contribution is 5.72. The molecule has 0 aliphatic heterocycles. The molecule has 0 aliphatic rings. The van der Waals surface area contributed by atoms with Crippen LogP contribution in [0.3, 0.4) is 0 Å². The molecule has 0 amide bonds. The first-order valence-electron chi connectivity index (χ1n) is 11.5. The molecule has 2 aromatic carbocycles. The first-order chi connectivity index (χ1) is 14.0. The minimum absolute atomic E-state index is 0.0144. The number of rotatable bonds is 8. The van der Waals surface area contributed by atoms with E-state index in [9.17, 15) is 10.2 Å².